The Kier molecular flexibility index (Phi) is 7.14. The molecule has 120 valence electrons. The number of hydrogen-bond donors (Lipinski definition) is 2. The second kappa shape index (κ2) is 8.61. The molecule has 0 amide bonds. The Labute approximate surface area is 125 Å². The quantitative estimate of drug-likeness (QED) is 0.511. The Morgan fingerprint density at radius 1 is 1.38 bits per heavy atom. The maximum atomic E-state index is 11.3. The Bertz CT molecular complexity index is 453. The predicted octanol–water partition coefficient (Wildman–Crippen LogP) is 2.49. The van der Waals surface area contributed by atoms with E-state index in [4.69, 9.17) is 5.11 Å². The highest BCUT2D eigenvalue weighted by atomic mass is 16.6. The Hall–Kier alpha value is -1.63. The molecule has 21 heavy (non-hydrogen) atoms. The molecule has 0 fully saturated rings. The van der Waals surface area contributed by atoms with Crippen molar-refractivity contribution in [2.45, 2.75) is 46.0 Å². The molecule has 0 spiro atoms. The van der Waals surface area contributed by atoms with E-state index >= 15 is 0 Å². The van der Waals surface area contributed by atoms with Crippen LogP contribution in [0.2, 0.25) is 0 Å². The smallest absolute Gasteiger partial charge is 0.333 e. The summed E-state index contributed by atoms with van der Waals surface area (Å²) in [4.78, 5) is 10.9. The number of aliphatic hydroxyl groups excluding tert-OH is 1. The molecule has 1 heterocycles. The third-order valence-corrected chi connectivity index (χ3v) is 3.55. The van der Waals surface area contributed by atoms with E-state index < -0.39 is 0 Å². The molecule has 7 nitrogen and oxygen atoms in total. The fourth-order valence-corrected chi connectivity index (χ4v) is 2.54. The zero-order valence-corrected chi connectivity index (χ0v) is 13.1. The number of aliphatic hydroxyl groups is 1. The van der Waals surface area contributed by atoms with Gasteiger partial charge in [0.25, 0.3) is 0 Å². The minimum absolute atomic E-state index is 0.0820. The highest BCUT2D eigenvalue weighted by Crippen LogP contribution is 2.29. The van der Waals surface area contributed by atoms with E-state index in [9.17, 15) is 10.1 Å². The summed E-state index contributed by atoms with van der Waals surface area (Å²) in [7, 11) is 1.72. The monoisotopic (exact) mass is 298 g/mol. The van der Waals surface area contributed by atoms with Crippen LogP contribution in [0.4, 0.5) is 11.5 Å². The van der Waals surface area contributed by atoms with Crippen LogP contribution in [0, 0.1) is 16.0 Å². The summed E-state index contributed by atoms with van der Waals surface area (Å²) in [5.41, 5.74) is 0.611. The summed E-state index contributed by atoms with van der Waals surface area (Å²) < 4.78 is 1.55. The normalized spacial score (nSPS) is 12.4. The molecule has 0 aliphatic carbocycles. The number of rotatable bonds is 10. The summed E-state index contributed by atoms with van der Waals surface area (Å²) in [5.74, 6) is 0.770. The molecule has 0 aromatic carbocycles. The number of nitrogens with one attached hydrogen (secondary N) is 1. The van der Waals surface area contributed by atoms with Gasteiger partial charge in [0.2, 0.25) is 5.82 Å². The molecule has 0 bridgehead atoms. The fourth-order valence-electron chi connectivity index (χ4n) is 2.54. The van der Waals surface area contributed by atoms with Crippen LogP contribution in [0.25, 0.3) is 0 Å². The molecule has 2 N–H and O–H groups in total. The van der Waals surface area contributed by atoms with E-state index in [1.54, 1.807) is 11.7 Å². The number of aryl methyl sites for hydroxylation is 2. The zero-order valence-electron chi connectivity index (χ0n) is 13.1. The van der Waals surface area contributed by atoms with E-state index in [0.29, 0.717) is 36.8 Å². The Morgan fingerprint density at radius 2 is 2.10 bits per heavy atom. The molecule has 0 aliphatic heterocycles. The third-order valence-electron chi connectivity index (χ3n) is 3.55. The van der Waals surface area contributed by atoms with Crippen LogP contribution in [0.5, 0.6) is 0 Å². The lowest BCUT2D eigenvalue weighted by Gasteiger charge is -2.16. The summed E-state index contributed by atoms with van der Waals surface area (Å²) in [6, 6.07) is 0. The van der Waals surface area contributed by atoms with Gasteiger partial charge in [-0.2, -0.15) is 5.10 Å². The molecule has 0 saturated heterocycles. The van der Waals surface area contributed by atoms with Gasteiger partial charge in [0.05, 0.1) is 4.92 Å². The van der Waals surface area contributed by atoms with Gasteiger partial charge in [0.1, 0.15) is 5.69 Å². The standard InChI is InChI=1S/C14H26N4O3/c1-4-6-11(8-9-19)10-15-14-13(18(20)21)12(7-5-2)16-17(14)3/h11,15,19H,4-10H2,1-3H3. The molecule has 0 aliphatic rings. The lowest BCUT2D eigenvalue weighted by molar-refractivity contribution is -0.384. The van der Waals surface area contributed by atoms with Crippen molar-refractivity contribution in [2.75, 3.05) is 18.5 Å². The van der Waals surface area contributed by atoms with Gasteiger partial charge in [0.15, 0.2) is 0 Å². The largest absolute Gasteiger partial charge is 0.396 e. The second-order valence-electron chi connectivity index (χ2n) is 5.32. The molecule has 1 rings (SSSR count). The van der Waals surface area contributed by atoms with Gasteiger partial charge in [0, 0.05) is 20.2 Å². The molecule has 1 aromatic rings. The minimum atomic E-state index is -0.360. The van der Waals surface area contributed by atoms with Crippen LogP contribution in [0.15, 0.2) is 0 Å². The topological polar surface area (TPSA) is 93.2 Å². The summed E-state index contributed by atoms with van der Waals surface area (Å²) in [6.45, 7) is 4.82. The summed E-state index contributed by atoms with van der Waals surface area (Å²) in [6.07, 6.45) is 4.14. The lowest BCUT2D eigenvalue weighted by atomic mass is 10.0. The van der Waals surface area contributed by atoms with Crippen molar-refractivity contribution >= 4 is 11.5 Å². The van der Waals surface area contributed by atoms with Crippen LogP contribution < -0.4 is 5.32 Å². The molecule has 0 radical (unpaired) electrons. The number of nitrogens with zero attached hydrogens (tertiary/aromatic N) is 3. The van der Waals surface area contributed by atoms with Crippen molar-refractivity contribution in [1.29, 1.82) is 0 Å². The predicted molar refractivity (Wildman–Crippen MR) is 82.4 cm³/mol. The first-order chi connectivity index (χ1) is 10.0. The number of nitro groups is 1. The van der Waals surface area contributed by atoms with Crippen LogP contribution in [0.3, 0.4) is 0 Å². The van der Waals surface area contributed by atoms with Crippen LogP contribution in [-0.4, -0.2) is 33.0 Å². The molecule has 1 unspecified atom stereocenters. The lowest BCUT2D eigenvalue weighted by Crippen LogP contribution is -2.17. The van der Waals surface area contributed by atoms with E-state index in [1.165, 1.54) is 0 Å². The SMILES string of the molecule is CCCc1nn(C)c(NCC(CCC)CCO)c1[N+](=O)[O-]. The van der Waals surface area contributed by atoms with E-state index in [0.717, 1.165) is 19.3 Å². The highest BCUT2D eigenvalue weighted by Gasteiger charge is 2.26. The van der Waals surface area contributed by atoms with Gasteiger partial charge in [-0.1, -0.05) is 26.7 Å². The number of anilines is 1. The minimum Gasteiger partial charge on any atom is -0.396 e. The maximum absolute atomic E-state index is 11.3. The van der Waals surface area contributed by atoms with Crippen molar-refractivity contribution in [2.24, 2.45) is 13.0 Å². The first-order valence-electron chi connectivity index (χ1n) is 7.60. The summed E-state index contributed by atoms with van der Waals surface area (Å²) >= 11 is 0. The molecule has 0 saturated carbocycles. The number of hydrogen-bond acceptors (Lipinski definition) is 5. The maximum Gasteiger partial charge on any atom is 0.333 e. The van der Waals surface area contributed by atoms with E-state index in [2.05, 4.69) is 17.3 Å². The van der Waals surface area contributed by atoms with Crippen molar-refractivity contribution in [3.8, 4) is 0 Å². The average Bonchev–Trinajstić information content (AvgIpc) is 2.73. The second-order valence-corrected chi connectivity index (χ2v) is 5.32. The molecular weight excluding hydrogens is 272 g/mol. The van der Waals surface area contributed by atoms with Crippen molar-refractivity contribution in [3.63, 3.8) is 0 Å². The van der Waals surface area contributed by atoms with Crippen molar-refractivity contribution < 1.29 is 10.0 Å². The average molecular weight is 298 g/mol. The highest BCUT2D eigenvalue weighted by molar-refractivity contribution is 5.59. The third kappa shape index (κ3) is 4.70. The van der Waals surface area contributed by atoms with Gasteiger partial charge in [-0.05, 0) is 25.2 Å². The molecular formula is C14H26N4O3. The van der Waals surface area contributed by atoms with Gasteiger partial charge < -0.3 is 10.4 Å². The Balaban J connectivity index is 2.88. The van der Waals surface area contributed by atoms with Crippen molar-refractivity contribution in [3.05, 3.63) is 15.8 Å². The summed E-state index contributed by atoms with van der Waals surface area (Å²) in [5, 5.41) is 27.8. The van der Waals surface area contributed by atoms with Crippen LogP contribution in [-0.2, 0) is 13.5 Å². The molecule has 1 atom stereocenters. The van der Waals surface area contributed by atoms with E-state index in [-0.39, 0.29) is 17.2 Å². The van der Waals surface area contributed by atoms with Crippen molar-refractivity contribution in [1.82, 2.24) is 9.78 Å². The Morgan fingerprint density at radius 3 is 2.62 bits per heavy atom. The zero-order chi connectivity index (χ0) is 15.8. The fraction of sp³-hybridized carbons (Fsp3) is 0.786. The number of aromatic nitrogens is 2. The van der Waals surface area contributed by atoms with Gasteiger partial charge in [-0.3, -0.25) is 10.1 Å². The first kappa shape index (κ1) is 17.4. The first-order valence-corrected chi connectivity index (χ1v) is 7.60. The van der Waals surface area contributed by atoms with Crippen LogP contribution >= 0.6 is 0 Å². The van der Waals surface area contributed by atoms with Gasteiger partial charge >= 0.3 is 5.69 Å². The van der Waals surface area contributed by atoms with Gasteiger partial charge in [-0.15, -0.1) is 0 Å². The van der Waals surface area contributed by atoms with E-state index in [1.807, 2.05) is 6.92 Å². The van der Waals surface area contributed by atoms with Crippen LogP contribution in [0.1, 0.15) is 45.2 Å². The molecule has 7 heteroatoms. The molecule has 1 aromatic heterocycles. The van der Waals surface area contributed by atoms with Gasteiger partial charge in [-0.25, -0.2) is 4.68 Å².